The van der Waals surface area contributed by atoms with Gasteiger partial charge in [-0.1, -0.05) is 40.5 Å². The second-order valence-corrected chi connectivity index (χ2v) is 7.48. The Kier molecular flexibility index (Phi) is 5.07. The maximum Gasteiger partial charge on any atom is 0.0125 e. The Morgan fingerprint density at radius 3 is 2.12 bits per heavy atom. The van der Waals surface area contributed by atoms with Crippen molar-refractivity contribution >= 4 is 0 Å². The average Bonchev–Trinajstić information content (AvgIpc) is 2.29. The van der Waals surface area contributed by atoms with E-state index in [0.29, 0.717) is 11.0 Å². The van der Waals surface area contributed by atoms with Crippen LogP contribution >= 0.6 is 0 Å². The highest BCUT2D eigenvalue weighted by Gasteiger charge is 2.32. The van der Waals surface area contributed by atoms with Gasteiger partial charge in [0, 0.05) is 12.1 Å². The largest absolute Gasteiger partial charge is 0.311 e. The molecular formula is C16H33N. The van der Waals surface area contributed by atoms with Crippen LogP contribution in [0.2, 0.25) is 0 Å². The first-order chi connectivity index (χ1) is 7.79. The normalized spacial score (nSPS) is 33.5. The van der Waals surface area contributed by atoms with Crippen LogP contribution in [0, 0.1) is 17.3 Å². The van der Waals surface area contributed by atoms with Crippen LogP contribution in [0.1, 0.15) is 73.6 Å². The summed E-state index contributed by atoms with van der Waals surface area (Å²) >= 11 is 0. The van der Waals surface area contributed by atoms with Gasteiger partial charge < -0.3 is 5.32 Å². The molecule has 0 bridgehead atoms. The van der Waals surface area contributed by atoms with Gasteiger partial charge in [-0.3, -0.25) is 0 Å². The molecule has 1 nitrogen and oxygen atoms in total. The fourth-order valence-electron chi connectivity index (χ4n) is 3.31. The minimum absolute atomic E-state index is 0.313. The minimum Gasteiger partial charge on any atom is -0.311 e. The van der Waals surface area contributed by atoms with Gasteiger partial charge in [-0.05, 0) is 50.4 Å². The molecule has 1 rings (SSSR count). The van der Waals surface area contributed by atoms with Gasteiger partial charge in [0.15, 0.2) is 0 Å². The van der Waals surface area contributed by atoms with E-state index in [0.717, 1.165) is 18.4 Å². The van der Waals surface area contributed by atoms with E-state index in [2.05, 4.69) is 46.9 Å². The molecule has 0 saturated carbocycles. The molecule has 1 heterocycles. The van der Waals surface area contributed by atoms with Gasteiger partial charge in [0.1, 0.15) is 0 Å². The molecule has 2 atom stereocenters. The molecule has 0 amide bonds. The Morgan fingerprint density at radius 1 is 1.00 bits per heavy atom. The fourth-order valence-corrected chi connectivity index (χ4v) is 3.31. The third kappa shape index (κ3) is 4.62. The molecule has 1 heteroatoms. The molecule has 1 fully saturated rings. The summed E-state index contributed by atoms with van der Waals surface area (Å²) in [6, 6.07) is 0. The highest BCUT2D eigenvalue weighted by molar-refractivity contribution is 4.87. The van der Waals surface area contributed by atoms with E-state index >= 15 is 0 Å². The quantitative estimate of drug-likeness (QED) is 0.741. The van der Waals surface area contributed by atoms with Crippen molar-refractivity contribution in [3.8, 4) is 0 Å². The van der Waals surface area contributed by atoms with Crippen molar-refractivity contribution in [2.75, 3.05) is 6.54 Å². The Bertz CT molecular complexity index is 230. The molecule has 1 aliphatic heterocycles. The third-order valence-electron chi connectivity index (χ3n) is 4.72. The lowest BCUT2D eigenvalue weighted by Crippen LogP contribution is -2.43. The van der Waals surface area contributed by atoms with Gasteiger partial charge >= 0.3 is 0 Å². The summed E-state index contributed by atoms with van der Waals surface area (Å²) < 4.78 is 0. The molecule has 102 valence electrons. The Morgan fingerprint density at radius 2 is 1.59 bits per heavy atom. The summed E-state index contributed by atoms with van der Waals surface area (Å²) in [6.45, 7) is 15.5. The van der Waals surface area contributed by atoms with Crippen molar-refractivity contribution in [3.63, 3.8) is 0 Å². The maximum absolute atomic E-state index is 3.78. The van der Waals surface area contributed by atoms with Gasteiger partial charge in [0.05, 0.1) is 0 Å². The number of hydrogen-bond acceptors (Lipinski definition) is 1. The lowest BCUT2D eigenvalue weighted by molar-refractivity contribution is 0.196. The van der Waals surface area contributed by atoms with Crippen LogP contribution in [0.5, 0.6) is 0 Å². The summed E-state index contributed by atoms with van der Waals surface area (Å²) in [5.74, 6) is 1.85. The van der Waals surface area contributed by atoms with Gasteiger partial charge in [-0.15, -0.1) is 0 Å². The molecule has 0 spiro atoms. The number of rotatable bonds is 2. The van der Waals surface area contributed by atoms with Crippen molar-refractivity contribution in [2.24, 2.45) is 17.3 Å². The topological polar surface area (TPSA) is 12.0 Å². The zero-order valence-corrected chi connectivity index (χ0v) is 12.9. The zero-order chi connectivity index (χ0) is 13.1. The van der Waals surface area contributed by atoms with Crippen molar-refractivity contribution in [1.82, 2.24) is 5.32 Å². The van der Waals surface area contributed by atoms with Crippen LogP contribution in [0.3, 0.4) is 0 Å². The van der Waals surface area contributed by atoms with Crippen LogP contribution in [-0.2, 0) is 0 Å². The average molecular weight is 239 g/mol. The summed E-state index contributed by atoms with van der Waals surface area (Å²) in [6.07, 6.45) is 6.79. The lowest BCUT2D eigenvalue weighted by atomic mass is 9.74. The number of hydrogen-bond donors (Lipinski definition) is 1. The van der Waals surface area contributed by atoms with E-state index in [9.17, 15) is 0 Å². The first-order valence-corrected chi connectivity index (χ1v) is 7.54. The minimum atomic E-state index is 0.313. The highest BCUT2D eigenvalue weighted by Crippen LogP contribution is 2.37. The molecule has 1 N–H and O–H groups in total. The third-order valence-corrected chi connectivity index (χ3v) is 4.72. The molecule has 17 heavy (non-hydrogen) atoms. The van der Waals surface area contributed by atoms with Crippen molar-refractivity contribution in [3.05, 3.63) is 0 Å². The van der Waals surface area contributed by atoms with Crippen LogP contribution < -0.4 is 5.32 Å². The second-order valence-electron chi connectivity index (χ2n) is 7.48. The van der Waals surface area contributed by atoms with Crippen molar-refractivity contribution in [2.45, 2.75) is 79.2 Å². The Hall–Kier alpha value is -0.0400. The standard InChI is InChI=1S/C16H33N/c1-7-13-9-10-16(5,6)17-12-15(3,4)11-14(13)8-2/h13-14,17H,7-12H2,1-6H3. The predicted molar refractivity (Wildman–Crippen MR) is 77.3 cm³/mol. The van der Waals surface area contributed by atoms with Crippen LogP contribution in [0.4, 0.5) is 0 Å². The number of nitrogens with one attached hydrogen (secondary N) is 1. The highest BCUT2D eigenvalue weighted by atomic mass is 15.0. The van der Waals surface area contributed by atoms with Gasteiger partial charge in [0.2, 0.25) is 0 Å². The Balaban J connectivity index is 2.83. The van der Waals surface area contributed by atoms with Crippen LogP contribution in [0.15, 0.2) is 0 Å². The molecule has 2 unspecified atom stereocenters. The molecular weight excluding hydrogens is 206 g/mol. The van der Waals surface area contributed by atoms with E-state index in [1.807, 2.05) is 0 Å². The summed E-state index contributed by atoms with van der Waals surface area (Å²) in [4.78, 5) is 0. The summed E-state index contributed by atoms with van der Waals surface area (Å²) in [5.41, 5.74) is 0.753. The van der Waals surface area contributed by atoms with E-state index in [4.69, 9.17) is 0 Å². The Labute approximate surface area is 109 Å². The lowest BCUT2D eigenvalue weighted by Gasteiger charge is -2.33. The molecule has 0 aromatic rings. The first kappa shape index (κ1) is 15.0. The van der Waals surface area contributed by atoms with E-state index < -0.39 is 0 Å². The zero-order valence-electron chi connectivity index (χ0n) is 12.9. The first-order valence-electron chi connectivity index (χ1n) is 7.54. The smallest absolute Gasteiger partial charge is 0.0125 e. The van der Waals surface area contributed by atoms with E-state index in [1.165, 1.54) is 32.1 Å². The van der Waals surface area contributed by atoms with Gasteiger partial charge in [-0.25, -0.2) is 0 Å². The predicted octanol–water partition coefficient (Wildman–Crippen LogP) is 4.62. The molecule has 0 aromatic heterocycles. The SMILES string of the molecule is CCC1CCC(C)(C)NCC(C)(C)CC1CC. The second kappa shape index (κ2) is 5.73. The monoisotopic (exact) mass is 239 g/mol. The van der Waals surface area contributed by atoms with Crippen molar-refractivity contribution in [1.29, 1.82) is 0 Å². The summed E-state index contributed by atoms with van der Waals surface area (Å²) in [7, 11) is 0. The maximum atomic E-state index is 3.78. The molecule has 0 aliphatic carbocycles. The van der Waals surface area contributed by atoms with Gasteiger partial charge in [-0.2, -0.15) is 0 Å². The van der Waals surface area contributed by atoms with Crippen LogP contribution in [-0.4, -0.2) is 12.1 Å². The molecule has 1 aliphatic rings. The fraction of sp³-hybridized carbons (Fsp3) is 1.00. The van der Waals surface area contributed by atoms with Gasteiger partial charge in [0.25, 0.3) is 0 Å². The molecule has 0 radical (unpaired) electrons. The van der Waals surface area contributed by atoms with Crippen LogP contribution in [0.25, 0.3) is 0 Å². The van der Waals surface area contributed by atoms with Crippen molar-refractivity contribution < 1.29 is 0 Å². The molecule has 0 aromatic carbocycles. The molecule has 1 saturated heterocycles. The summed E-state index contributed by atoms with van der Waals surface area (Å²) in [5, 5.41) is 3.78. The van der Waals surface area contributed by atoms with E-state index in [1.54, 1.807) is 0 Å². The van der Waals surface area contributed by atoms with E-state index in [-0.39, 0.29) is 0 Å².